The number of carboxylic acid groups (broad SMARTS) is 1. The number of carbonyl (C=O) groups is 1. The Morgan fingerprint density at radius 3 is 2.70 bits per heavy atom. The Bertz CT molecular complexity index is 692. The molecule has 0 aromatic heterocycles. The molecule has 0 unspecified atom stereocenters. The van der Waals surface area contributed by atoms with Crippen LogP contribution in [0.3, 0.4) is 0 Å². The molecular formula is C15H10FNO3. The number of rotatable bonds is 4. The predicted molar refractivity (Wildman–Crippen MR) is 68.8 cm³/mol. The van der Waals surface area contributed by atoms with Gasteiger partial charge in [-0.3, -0.25) is 0 Å². The smallest absolute Gasteiger partial charge is 0.339 e. The van der Waals surface area contributed by atoms with E-state index in [2.05, 4.69) is 0 Å². The van der Waals surface area contributed by atoms with Crippen LogP contribution in [0.2, 0.25) is 0 Å². The molecule has 2 rings (SSSR count). The first kappa shape index (κ1) is 13.6. The van der Waals surface area contributed by atoms with Crippen molar-refractivity contribution in [3.8, 4) is 11.8 Å². The van der Waals surface area contributed by atoms with Gasteiger partial charge in [0.15, 0.2) is 0 Å². The first-order valence-electron chi connectivity index (χ1n) is 5.75. The fourth-order valence-electron chi connectivity index (χ4n) is 1.66. The maximum absolute atomic E-state index is 13.7. The lowest BCUT2D eigenvalue weighted by Gasteiger charge is -2.09. The molecule has 0 saturated heterocycles. The van der Waals surface area contributed by atoms with Gasteiger partial charge < -0.3 is 9.84 Å². The predicted octanol–water partition coefficient (Wildman–Crippen LogP) is 2.97. The molecule has 0 heterocycles. The monoisotopic (exact) mass is 271 g/mol. The molecule has 5 heteroatoms. The number of benzene rings is 2. The van der Waals surface area contributed by atoms with Crippen LogP contribution < -0.4 is 4.74 Å². The third kappa shape index (κ3) is 2.93. The van der Waals surface area contributed by atoms with E-state index < -0.39 is 11.8 Å². The highest BCUT2D eigenvalue weighted by Crippen LogP contribution is 2.20. The van der Waals surface area contributed by atoms with Gasteiger partial charge in [-0.25, -0.2) is 9.18 Å². The van der Waals surface area contributed by atoms with Gasteiger partial charge >= 0.3 is 5.97 Å². The van der Waals surface area contributed by atoms with E-state index in [4.69, 9.17) is 15.1 Å². The average molecular weight is 271 g/mol. The SMILES string of the molecule is N#Cc1ccc(COc2ccccc2C(=O)O)c(F)c1. The van der Waals surface area contributed by atoms with E-state index in [1.54, 1.807) is 12.1 Å². The van der Waals surface area contributed by atoms with Crippen LogP contribution in [0.25, 0.3) is 0 Å². The zero-order valence-corrected chi connectivity index (χ0v) is 10.3. The van der Waals surface area contributed by atoms with Gasteiger partial charge in [0.25, 0.3) is 0 Å². The summed E-state index contributed by atoms with van der Waals surface area (Å²) in [7, 11) is 0. The number of carboxylic acids is 1. The molecule has 0 amide bonds. The van der Waals surface area contributed by atoms with E-state index in [1.807, 2.05) is 6.07 Å². The van der Waals surface area contributed by atoms with Gasteiger partial charge in [0, 0.05) is 5.56 Å². The summed E-state index contributed by atoms with van der Waals surface area (Å²) >= 11 is 0. The van der Waals surface area contributed by atoms with Crippen molar-refractivity contribution < 1.29 is 19.0 Å². The second-order valence-corrected chi connectivity index (χ2v) is 4.01. The van der Waals surface area contributed by atoms with Crippen LogP contribution in [0.1, 0.15) is 21.5 Å². The van der Waals surface area contributed by atoms with Crippen molar-refractivity contribution in [1.29, 1.82) is 5.26 Å². The minimum absolute atomic E-state index is 0.0153. The van der Waals surface area contributed by atoms with Crippen LogP contribution in [-0.2, 0) is 6.61 Å². The van der Waals surface area contributed by atoms with Crippen LogP contribution in [0.5, 0.6) is 5.75 Å². The van der Waals surface area contributed by atoms with E-state index in [0.29, 0.717) is 0 Å². The molecule has 0 aliphatic heterocycles. The molecule has 100 valence electrons. The summed E-state index contributed by atoms with van der Waals surface area (Å²) in [5.74, 6) is -1.50. The van der Waals surface area contributed by atoms with Crippen LogP contribution in [0.4, 0.5) is 4.39 Å². The summed E-state index contributed by atoms with van der Waals surface area (Å²) in [6.07, 6.45) is 0. The Balaban J connectivity index is 2.18. The number of nitriles is 1. The molecule has 20 heavy (non-hydrogen) atoms. The Kier molecular flexibility index (Phi) is 3.96. The van der Waals surface area contributed by atoms with E-state index in [-0.39, 0.29) is 29.0 Å². The van der Waals surface area contributed by atoms with Gasteiger partial charge in [0.1, 0.15) is 23.7 Å². The highest BCUT2D eigenvalue weighted by Gasteiger charge is 2.11. The van der Waals surface area contributed by atoms with Crippen molar-refractivity contribution in [3.05, 3.63) is 65.0 Å². The standard InChI is InChI=1S/C15H10FNO3/c16-13-7-10(8-17)5-6-11(13)9-20-14-4-2-1-3-12(14)15(18)19/h1-7H,9H2,(H,18,19). The number of hydrogen-bond acceptors (Lipinski definition) is 3. The number of nitrogens with zero attached hydrogens (tertiary/aromatic N) is 1. The minimum Gasteiger partial charge on any atom is -0.488 e. The van der Waals surface area contributed by atoms with Crippen LogP contribution in [0.15, 0.2) is 42.5 Å². The molecule has 0 radical (unpaired) electrons. The highest BCUT2D eigenvalue weighted by atomic mass is 19.1. The largest absolute Gasteiger partial charge is 0.488 e. The van der Waals surface area contributed by atoms with Crippen LogP contribution in [-0.4, -0.2) is 11.1 Å². The summed E-state index contributed by atoms with van der Waals surface area (Å²) in [4.78, 5) is 11.0. The van der Waals surface area contributed by atoms with Gasteiger partial charge in [-0.05, 0) is 24.3 Å². The quantitative estimate of drug-likeness (QED) is 0.928. The number of aromatic carboxylic acids is 1. The summed E-state index contributed by atoms with van der Waals surface area (Å²) in [6, 6.07) is 12.0. The van der Waals surface area contributed by atoms with Crippen molar-refractivity contribution in [2.45, 2.75) is 6.61 Å². The maximum atomic E-state index is 13.7. The Labute approximate surface area is 114 Å². The zero-order chi connectivity index (χ0) is 14.5. The molecule has 0 saturated carbocycles. The normalized spacial score (nSPS) is 9.80. The lowest BCUT2D eigenvalue weighted by molar-refractivity contribution is 0.0691. The second-order valence-electron chi connectivity index (χ2n) is 4.01. The molecule has 0 aliphatic rings. The van der Waals surface area contributed by atoms with E-state index in [9.17, 15) is 9.18 Å². The van der Waals surface area contributed by atoms with Crippen molar-refractivity contribution in [3.63, 3.8) is 0 Å². The lowest BCUT2D eigenvalue weighted by Crippen LogP contribution is -2.04. The van der Waals surface area contributed by atoms with Crippen LogP contribution >= 0.6 is 0 Å². The van der Waals surface area contributed by atoms with E-state index >= 15 is 0 Å². The molecule has 0 aliphatic carbocycles. The summed E-state index contributed by atoms with van der Waals surface area (Å²) in [5, 5.41) is 17.6. The Morgan fingerprint density at radius 2 is 2.05 bits per heavy atom. The van der Waals surface area contributed by atoms with E-state index in [1.165, 1.54) is 24.3 Å². The molecule has 0 fully saturated rings. The third-order valence-corrected chi connectivity index (χ3v) is 2.68. The molecule has 2 aromatic carbocycles. The molecule has 0 bridgehead atoms. The molecule has 1 N–H and O–H groups in total. The van der Waals surface area contributed by atoms with Crippen molar-refractivity contribution in [1.82, 2.24) is 0 Å². The highest BCUT2D eigenvalue weighted by molar-refractivity contribution is 5.90. The van der Waals surface area contributed by atoms with Gasteiger partial charge in [0.05, 0.1) is 11.6 Å². The Hall–Kier alpha value is -2.87. The summed E-state index contributed by atoms with van der Waals surface area (Å²) in [6.45, 7) is -0.109. The third-order valence-electron chi connectivity index (χ3n) is 2.68. The van der Waals surface area contributed by atoms with Crippen molar-refractivity contribution >= 4 is 5.97 Å². The van der Waals surface area contributed by atoms with Crippen molar-refractivity contribution in [2.75, 3.05) is 0 Å². The maximum Gasteiger partial charge on any atom is 0.339 e. The number of ether oxygens (including phenoxy) is 1. The van der Waals surface area contributed by atoms with Gasteiger partial charge in [-0.15, -0.1) is 0 Å². The van der Waals surface area contributed by atoms with Gasteiger partial charge in [-0.1, -0.05) is 18.2 Å². The minimum atomic E-state index is -1.11. The molecule has 0 atom stereocenters. The summed E-state index contributed by atoms with van der Waals surface area (Å²) < 4.78 is 19.0. The lowest BCUT2D eigenvalue weighted by atomic mass is 10.1. The summed E-state index contributed by atoms with van der Waals surface area (Å²) in [5.41, 5.74) is 0.489. The van der Waals surface area contributed by atoms with Gasteiger partial charge in [0.2, 0.25) is 0 Å². The Morgan fingerprint density at radius 1 is 1.30 bits per heavy atom. The number of para-hydroxylation sites is 1. The second kappa shape index (κ2) is 5.85. The average Bonchev–Trinajstić information content (AvgIpc) is 2.46. The fourth-order valence-corrected chi connectivity index (χ4v) is 1.66. The molecular weight excluding hydrogens is 261 g/mol. The van der Waals surface area contributed by atoms with Crippen LogP contribution in [0, 0.1) is 17.1 Å². The zero-order valence-electron chi connectivity index (χ0n) is 10.3. The van der Waals surface area contributed by atoms with Gasteiger partial charge in [-0.2, -0.15) is 5.26 Å². The first-order valence-corrected chi connectivity index (χ1v) is 5.75. The first-order chi connectivity index (χ1) is 9.61. The fraction of sp³-hybridized carbons (Fsp3) is 0.0667. The number of halogens is 1. The number of hydrogen-bond donors (Lipinski definition) is 1. The molecule has 0 spiro atoms. The molecule has 2 aromatic rings. The van der Waals surface area contributed by atoms with E-state index in [0.717, 1.165) is 6.07 Å². The topological polar surface area (TPSA) is 70.3 Å². The molecule has 4 nitrogen and oxygen atoms in total. The van der Waals surface area contributed by atoms with Crippen molar-refractivity contribution in [2.24, 2.45) is 0 Å².